The number of aromatic nitrogens is 2. The summed E-state index contributed by atoms with van der Waals surface area (Å²) < 4.78 is 0. The maximum Gasteiger partial charge on any atom is 0.137 e. The lowest BCUT2D eigenvalue weighted by Crippen LogP contribution is -2.38. The Bertz CT molecular complexity index is 414. The van der Waals surface area contributed by atoms with Gasteiger partial charge in [0.2, 0.25) is 0 Å². The molecule has 1 aliphatic heterocycles. The molecule has 2 heterocycles. The Balaban J connectivity index is 2.08. The highest BCUT2D eigenvalue weighted by molar-refractivity contribution is 5.55. The normalized spacial score (nSPS) is 18.1. The smallest absolute Gasteiger partial charge is 0.137 e. The molecular formula is C14H24N4. The van der Waals surface area contributed by atoms with E-state index < -0.39 is 0 Å². The zero-order chi connectivity index (χ0) is 13.3. The number of anilines is 2. The summed E-state index contributed by atoms with van der Waals surface area (Å²) >= 11 is 0. The molecule has 0 spiro atoms. The van der Waals surface area contributed by atoms with Crippen LogP contribution in [0.15, 0.2) is 6.33 Å². The van der Waals surface area contributed by atoms with Crippen LogP contribution in [0.25, 0.3) is 0 Å². The van der Waals surface area contributed by atoms with Crippen LogP contribution in [-0.2, 0) is 0 Å². The second-order valence-corrected chi connectivity index (χ2v) is 6.33. The van der Waals surface area contributed by atoms with E-state index in [1.165, 1.54) is 12.8 Å². The number of hydrogen-bond donors (Lipinski definition) is 1. The van der Waals surface area contributed by atoms with Gasteiger partial charge in [0.15, 0.2) is 0 Å². The minimum Gasteiger partial charge on any atom is -0.383 e. The Morgan fingerprint density at radius 3 is 2.39 bits per heavy atom. The van der Waals surface area contributed by atoms with E-state index in [-0.39, 0.29) is 0 Å². The van der Waals surface area contributed by atoms with Gasteiger partial charge in [-0.1, -0.05) is 20.8 Å². The first kappa shape index (κ1) is 13.1. The Hall–Kier alpha value is -1.32. The zero-order valence-corrected chi connectivity index (χ0v) is 11.9. The molecule has 4 heteroatoms. The van der Waals surface area contributed by atoms with Crippen LogP contribution in [0.1, 0.15) is 39.2 Å². The van der Waals surface area contributed by atoms with E-state index >= 15 is 0 Å². The highest BCUT2D eigenvalue weighted by atomic mass is 15.2. The fraction of sp³-hybridized carbons (Fsp3) is 0.714. The van der Waals surface area contributed by atoms with Gasteiger partial charge in [-0.3, -0.25) is 0 Å². The summed E-state index contributed by atoms with van der Waals surface area (Å²) in [6, 6.07) is 0. The molecule has 0 saturated carbocycles. The molecule has 100 valence electrons. The molecule has 0 aromatic carbocycles. The molecule has 0 radical (unpaired) electrons. The highest BCUT2D eigenvalue weighted by Gasteiger charge is 2.29. The summed E-state index contributed by atoms with van der Waals surface area (Å²) in [5, 5.41) is 0. The van der Waals surface area contributed by atoms with E-state index in [1.807, 2.05) is 6.92 Å². The van der Waals surface area contributed by atoms with E-state index in [2.05, 4.69) is 35.6 Å². The molecule has 1 aliphatic rings. The molecule has 4 nitrogen and oxygen atoms in total. The van der Waals surface area contributed by atoms with Crippen molar-refractivity contribution in [3.8, 4) is 0 Å². The Labute approximate surface area is 110 Å². The number of rotatable bonds is 1. The highest BCUT2D eigenvalue weighted by Crippen LogP contribution is 2.35. The van der Waals surface area contributed by atoms with Gasteiger partial charge in [-0.15, -0.1) is 0 Å². The second-order valence-electron chi connectivity index (χ2n) is 6.33. The average Bonchev–Trinajstić information content (AvgIpc) is 2.32. The minimum atomic E-state index is 0.409. The maximum absolute atomic E-state index is 5.85. The van der Waals surface area contributed by atoms with Crippen molar-refractivity contribution in [2.75, 3.05) is 23.7 Å². The number of piperidine rings is 1. The molecule has 0 bridgehead atoms. The third kappa shape index (κ3) is 2.57. The van der Waals surface area contributed by atoms with Crippen LogP contribution < -0.4 is 10.6 Å². The molecule has 0 amide bonds. The monoisotopic (exact) mass is 248 g/mol. The zero-order valence-electron chi connectivity index (χ0n) is 11.9. The fourth-order valence-electron chi connectivity index (χ4n) is 2.73. The SMILES string of the molecule is Cc1c(N)ncnc1N1CCC(C(C)(C)C)CC1. The molecule has 0 unspecified atom stereocenters. The number of nitrogen functional groups attached to an aromatic ring is 1. The summed E-state index contributed by atoms with van der Waals surface area (Å²) in [4.78, 5) is 10.8. The lowest BCUT2D eigenvalue weighted by Gasteiger charge is -2.39. The molecular weight excluding hydrogens is 224 g/mol. The molecule has 1 aromatic heterocycles. The average molecular weight is 248 g/mol. The first-order chi connectivity index (χ1) is 8.39. The van der Waals surface area contributed by atoms with Crippen molar-refractivity contribution >= 4 is 11.6 Å². The van der Waals surface area contributed by atoms with Crippen molar-refractivity contribution in [2.24, 2.45) is 11.3 Å². The van der Waals surface area contributed by atoms with Crippen LogP contribution in [0.4, 0.5) is 11.6 Å². The summed E-state index contributed by atoms with van der Waals surface area (Å²) in [7, 11) is 0. The van der Waals surface area contributed by atoms with Gasteiger partial charge < -0.3 is 10.6 Å². The summed E-state index contributed by atoms with van der Waals surface area (Å²) in [5.74, 6) is 2.40. The van der Waals surface area contributed by atoms with E-state index in [1.54, 1.807) is 6.33 Å². The predicted molar refractivity (Wildman–Crippen MR) is 75.6 cm³/mol. The van der Waals surface area contributed by atoms with E-state index in [0.29, 0.717) is 11.2 Å². The van der Waals surface area contributed by atoms with E-state index in [4.69, 9.17) is 5.73 Å². The maximum atomic E-state index is 5.85. The van der Waals surface area contributed by atoms with Crippen LogP contribution in [0, 0.1) is 18.3 Å². The minimum absolute atomic E-state index is 0.409. The molecule has 2 rings (SSSR count). The van der Waals surface area contributed by atoms with Crippen molar-refractivity contribution < 1.29 is 0 Å². The van der Waals surface area contributed by atoms with Crippen molar-refractivity contribution in [2.45, 2.75) is 40.5 Å². The van der Waals surface area contributed by atoms with Gasteiger partial charge in [0.05, 0.1) is 0 Å². The molecule has 0 aliphatic carbocycles. The van der Waals surface area contributed by atoms with Crippen molar-refractivity contribution in [3.05, 3.63) is 11.9 Å². The molecule has 1 fully saturated rings. The summed E-state index contributed by atoms with van der Waals surface area (Å²) in [6.45, 7) is 11.1. The standard InChI is InChI=1S/C14H24N4/c1-10-12(15)16-9-17-13(10)18-7-5-11(6-8-18)14(2,3)4/h9,11H,5-8H2,1-4H3,(H2,15,16,17). The molecule has 2 N–H and O–H groups in total. The van der Waals surface area contributed by atoms with Crippen LogP contribution in [0.3, 0.4) is 0 Å². The second kappa shape index (κ2) is 4.75. The third-order valence-electron chi connectivity index (χ3n) is 4.12. The van der Waals surface area contributed by atoms with Crippen molar-refractivity contribution in [1.82, 2.24) is 9.97 Å². The lowest BCUT2D eigenvalue weighted by atomic mass is 9.75. The molecule has 0 atom stereocenters. The third-order valence-corrected chi connectivity index (χ3v) is 4.12. The van der Waals surface area contributed by atoms with Gasteiger partial charge in [0, 0.05) is 18.7 Å². The number of nitrogens with two attached hydrogens (primary N) is 1. The fourth-order valence-corrected chi connectivity index (χ4v) is 2.73. The summed E-state index contributed by atoms with van der Waals surface area (Å²) in [6.07, 6.45) is 4.02. The number of hydrogen-bond acceptors (Lipinski definition) is 4. The van der Waals surface area contributed by atoms with Crippen LogP contribution in [0.5, 0.6) is 0 Å². The van der Waals surface area contributed by atoms with Crippen molar-refractivity contribution in [3.63, 3.8) is 0 Å². The van der Waals surface area contributed by atoms with Crippen LogP contribution >= 0.6 is 0 Å². The van der Waals surface area contributed by atoms with Gasteiger partial charge in [-0.2, -0.15) is 0 Å². The summed E-state index contributed by atoms with van der Waals surface area (Å²) in [5.41, 5.74) is 7.26. The van der Waals surface area contributed by atoms with E-state index in [9.17, 15) is 0 Å². The van der Waals surface area contributed by atoms with Gasteiger partial charge >= 0.3 is 0 Å². The predicted octanol–water partition coefficient (Wildman–Crippen LogP) is 2.63. The molecule has 18 heavy (non-hydrogen) atoms. The first-order valence-corrected chi connectivity index (χ1v) is 6.71. The van der Waals surface area contributed by atoms with Gasteiger partial charge in [0.1, 0.15) is 18.0 Å². The van der Waals surface area contributed by atoms with Gasteiger partial charge in [-0.05, 0) is 31.1 Å². The van der Waals surface area contributed by atoms with Crippen molar-refractivity contribution in [1.29, 1.82) is 0 Å². The van der Waals surface area contributed by atoms with Crippen LogP contribution in [0.2, 0.25) is 0 Å². The Kier molecular flexibility index (Phi) is 3.46. The Morgan fingerprint density at radius 1 is 1.22 bits per heavy atom. The van der Waals surface area contributed by atoms with E-state index in [0.717, 1.165) is 30.4 Å². The lowest BCUT2D eigenvalue weighted by molar-refractivity contribution is 0.198. The molecule has 1 aromatic rings. The Morgan fingerprint density at radius 2 is 1.83 bits per heavy atom. The van der Waals surface area contributed by atoms with Gasteiger partial charge in [-0.25, -0.2) is 9.97 Å². The molecule has 1 saturated heterocycles. The topological polar surface area (TPSA) is 55.0 Å². The van der Waals surface area contributed by atoms with Crippen LogP contribution in [-0.4, -0.2) is 23.1 Å². The number of nitrogens with zero attached hydrogens (tertiary/aromatic N) is 3. The largest absolute Gasteiger partial charge is 0.383 e. The first-order valence-electron chi connectivity index (χ1n) is 6.71. The quantitative estimate of drug-likeness (QED) is 0.830. The van der Waals surface area contributed by atoms with Gasteiger partial charge in [0.25, 0.3) is 0 Å².